The highest BCUT2D eigenvalue weighted by Gasteiger charge is 2.31. The van der Waals surface area contributed by atoms with Crippen molar-refractivity contribution in [1.82, 2.24) is 9.80 Å². The summed E-state index contributed by atoms with van der Waals surface area (Å²) in [5.41, 5.74) is 2.41. The molecular formula is C22H28FN3OS. The number of fused-ring (bicyclic) bond motifs is 1. The summed E-state index contributed by atoms with van der Waals surface area (Å²) in [6, 6.07) is 9.14. The summed E-state index contributed by atoms with van der Waals surface area (Å²) in [5, 5.41) is 2.15. The molecule has 0 bridgehead atoms. The number of nitrogens with zero attached hydrogens (tertiary/aromatic N) is 3. The molecule has 28 heavy (non-hydrogen) atoms. The van der Waals surface area contributed by atoms with Gasteiger partial charge < -0.3 is 9.80 Å². The van der Waals surface area contributed by atoms with Crippen LogP contribution in [-0.4, -0.2) is 55.0 Å². The van der Waals surface area contributed by atoms with E-state index in [9.17, 15) is 9.18 Å². The largest absolute Gasteiger partial charge is 0.370 e. The van der Waals surface area contributed by atoms with Crippen LogP contribution in [0, 0.1) is 5.82 Å². The first-order chi connectivity index (χ1) is 13.7. The van der Waals surface area contributed by atoms with E-state index in [-0.39, 0.29) is 17.8 Å². The molecule has 0 aliphatic carbocycles. The Morgan fingerprint density at radius 2 is 1.93 bits per heavy atom. The third kappa shape index (κ3) is 4.08. The molecule has 1 amide bonds. The summed E-state index contributed by atoms with van der Waals surface area (Å²) in [7, 11) is 0. The third-order valence-electron chi connectivity index (χ3n) is 5.94. The minimum absolute atomic E-state index is 0.202. The zero-order valence-electron chi connectivity index (χ0n) is 16.4. The standard InChI is InChI=1S/C22H28FN3OS/c1-2-20-19-9-15-28-21(19)8-12-26(20)22(27)16-24-10-3-11-25(14-13-24)18-6-4-17(23)5-7-18/h4-7,9,15,20H,2-3,8,10-14,16H2,1H3. The van der Waals surface area contributed by atoms with E-state index in [0.717, 1.165) is 57.7 Å². The molecule has 1 unspecified atom stereocenters. The number of halogens is 1. The Morgan fingerprint density at radius 3 is 2.71 bits per heavy atom. The van der Waals surface area contributed by atoms with Crippen molar-refractivity contribution < 1.29 is 9.18 Å². The number of carbonyl (C=O) groups excluding carboxylic acids is 1. The molecular weight excluding hydrogens is 373 g/mol. The van der Waals surface area contributed by atoms with Crippen LogP contribution in [0.3, 0.4) is 0 Å². The van der Waals surface area contributed by atoms with Gasteiger partial charge in [0.2, 0.25) is 5.91 Å². The highest BCUT2D eigenvalue weighted by Crippen LogP contribution is 2.35. The van der Waals surface area contributed by atoms with Crippen molar-refractivity contribution in [3.05, 3.63) is 52.0 Å². The van der Waals surface area contributed by atoms with Crippen LogP contribution in [0.5, 0.6) is 0 Å². The second kappa shape index (κ2) is 8.62. The highest BCUT2D eigenvalue weighted by molar-refractivity contribution is 7.10. The van der Waals surface area contributed by atoms with Crippen molar-refractivity contribution >= 4 is 22.9 Å². The lowest BCUT2D eigenvalue weighted by Gasteiger charge is -2.36. The highest BCUT2D eigenvalue weighted by atomic mass is 32.1. The van der Waals surface area contributed by atoms with Gasteiger partial charge in [0.25, 0.3) is 0 Å². The first kappa shape index (κ1) is 19.4. The van der Waals surface area contributed by atoms with Crippen molar-refractivity contribution in [2.24, 2.45) is 0 Å². The molecule has 0 radical (unpaired) electrons. The van der Waals surface area contributed by atoms with E-state index in [2.05, 4.69) is 33.1 Å². The topological polar surface area (TPSA) is 26.8 Å². The minimum Gasteiger partial charge on any atom is -0.370 e. The lowest BCUT2D eigenvalue weighted by molar-refractivity contribution is -0.135. The van der Waals surface area contributed by atoms with Gasteiger partial charge in [-0.1, -0.05) is 6.92 Å². The maximum Gasteiger partial charge on any atom is 0.237 e. The van der Waals surface area contributed by atoms with E-state index in [1.807, 2.05) is 23.5 Å². The van der Waals surface area contributed by atoms with Crippen LogP contribution in [-0.2, 0) is 11.2 Å². The van der Waals surface area contributed by atoms with Gasteiger partial charge in [0.05, 0.1) is 12.6 Å². The van der Waals surface area contributed by atoms with E-state index >= 15 is 0 Å². The molecule has 2 aliphatic heterocycles. The fraction of sp³-hybridized carbons (Fsp3) is 0.500. The second-order valence-corrected chi connectivity index (χ2v) is 8.65. The van der Waals surface area contributed by atoms with Crippen LogP contribution in [0.4, 0.5) is 10.1 Å². The van der Waals surface area contributed by atoms with Crippen LogP contribution >= 0.6 is 11.3 Å². The van der Waals surface area contributed by atoms with Crippen molar-refractivity contribution in [3.63, 3.8) is 0 Å². The molecule has 3 heterocycles. The predicted molar refractivity (Wildman–Crippen MR) is 112 cm³/mol. The Morgan fingerprint density at radius 1 is 1.11 bits per heavy atom. The molecule has 6 heteroatoms. The van der Waals surface area contributed by atoms with Crippen LogP contribution < -0.4 is 4.90 Å². The fourth-order valence-electron chi connectivity index (χ4n) is 4.46. The van der Waals surface area contributed by atoms with Crippen molar-refractivity contribution in [1.29, 1.82) is 0 Å². The van der Waals surface area contributed by atoms with Gasteiger partial charge in [0.1, 0.15) is 5.82 Å². The average Bonchev–Trinajstić information content (AvgIpc) is 3.07. The summed E-state index contributed by atoms with van der Waals surface area (Å²) < 4.78 is 13.2. The Labute approximate surface area is 170 Å². The predicted octanol–water partition coefficient (Wildman–Crippen LogP) is 3.94. The lowest BCUT2D eigenvalue weighted by atomic mass is 9.97. The molecule has 1 atom stereocenters. The number of hydrogen-bond donors (Lipinski definition) is 0. The maximum atomic E-state index is 13.2. The van der Waals surface area contributed by atoms with Crippen LogP contribution in [0.15, 0.2) is 35.7 Å². The first-order valence-electron chi connectivity index (χ1n) is 10.2. The van der Waals surface area contributed by atoms with Gasteiger partial charge in [-0.15, -0.1) is 11.3 Å². The molecule has 150 valence electrons. The number of rotatable bonds is 4. The van der Waals surface area contributed by atoms with Crippen molar-refractivity contribution in [2.75, 3.05) is 44.2 Å². The molecule has 2 aliphatic rings. The minimum atomic E-state index is -0.202. The summed E-state index contributed by atoms with van der Waals surface area (Å²) in [5.74, 6) is 0.0468. The molecule has 0 saturated carbocycles. The van der Waals surface area contributed by atoms with Gasteiger partial charge in [0.15, 0.2) is 0 Å². The Balaban J connectivity index is 1.37. The smallest absolute Gasteiger partial charge is 0.237 e. The van der Waals surface area contributed by atoms with Gasteiger partial charge in [-0.2, -0.15) is 0 Å². The molecule has 1 fully saturated rings. The normalized spacial score (nSPS) is 20.7. The number of amides is 1. The Bertz CT molecular complexity index is 806. The van der Waals surface area contributed by atoms with E-state index < -0.39 is 0 Å². The molecule has 4 rings (SSSR count). The third-order valence-corrected chi connectivity index (χ3v) is 6.94. The summed E-state index contributed by atoms with van der Waals surface area (Å²) in [4.78, 5) is 21.2. The molecule has 0 N–H and O–H groups in total. The Hall–Kier alpha value is -1.92. The van der Waals surface area contributed by atoms with E-state index in [1.54, 1.807) is 0 Å². The van der Waals surface area contributed by atoms with Gasteiger partial charge in [-0.25, -0.2) is 4.39 Å². The molecule has 1 saturated heterocycles. The quantitative estimate of drug-likeness (QED) is 0.777. The van der Waals surface area contributed by atoms with Gasteiger partial charge in [-0.3, -0.25) is 9.69 Å². The average molecular weight is 402 g/mol. The number of hydrogen-bond acceptors (Lipinski definition) is 4. The second-order valence-electron chi connectivity index (χ2n) is 7.65. The molecule has 4 nitrogen and oxygen atoms in total. The SMILES string of the molecule is CCC1c2ccsc2CCN1C(=O)CN1CCCN(c2ccc(F)cc2)CC1. The maximum absolute atomic E-state index is 13.2. The van der Waals surface area contributed by atoms with Gasteiger partial charge >= 0.3 is 0 Å². The van der Waals surface area contributed by atoms with Crippen LogP contribution in [0.2, 0.25) is 0 Å². The van der Waals surface area contributed by atoms with Crippen molar-refractivity contribution in [2.45, 2.75) is 32.2 Å². The van der Waals surface area contributed by atoms with Crippen LogP contribution in [0.1, 0.15) is 36.2 Å². The van der Waals surface area contributed by atoms with Crippen LogP contribution in [0.25, 0.3) is 0 Å². The number of anilines is 1. The monoisotopic (exact) mass is 401 g/mol. The number of thiophene rings is 1. The molecule has 2 aromatic rings. The number of carbonyl (C=O) groups is 1. The first-order valence-corrected chi connectivity index (χ1v) is 11.1. The summed E-state index contributed by atoms with van der Waals surface area (Å²) >= 11 is 1.82. The Kier molecular flexibility index (Phi) is 5.97. The van der Waals surface area contributed by atoms with E-state index in [1.165, 1.54) is 22.6 Å². The molecule has 0 spiro atoms. The summed E-state index contributed by atoms with van der Waals surface area (Å²) in [6.07, 6.45) is 2.96. The molecule has 1 aromatic heterocycles. The zero-order chi connectivity index (χ0) is 19.5. The summed E-state index contributed by atoms with van der Waals surface area (Å²) in [6.45, 7) is 7.09. The van der Waals surface area contributed by atoms with E-state index in [4.69, 9.17) is 0 Å². The fourth-order valence-corrected chi connectivity index (χ4v) is 5.38. The van der Waals surface area contributed by atoms with Crippen molar-refractivity contribution in [3.8, 4) is 0 Å². The van der Waals surface area contributed by atoms with Gasteiger partial charge in [0, 0.05) is 43.3 Å². The number of benzene rings is 1. The molecule has 1 aromatic carbocycles. The zero-order valence-corrected chi connectivity index (χ0v) is 17.3. The van der Waals surface area contributed by atoms with E-state index in [0.29, 0.717) is 6.54 Å². The lowest BCUT2D eigenvalue weighted by Crippen LogP contribution is -2.45. The van der Waals surface area contributed by atoms with Gasteiger partial charge in [-0.05, 0) is 60.5 Å².